The van der Waals surface area contributed by atoms with E-state index >= 15 is 0 Å². The highest BCUT2D eigenvalue weighted by Crippen LogP contribution is 2.19. The molecule has 0 aliphatic rings. The van der Waals surface area contributed by atoms with Crippen LogP contribution in [-0.4, -0.2) is 22.2 Å². The summed E-state index contributed by atoms with van der Waals surface area (Å²) in [5, 5.41) is 14.3. The number of carbonyl (C=O) groups excluding carboxylic acids is 1. The first-order valence-electron chi connectivity index (χ1n) is 7.54. The van der Waals surface area contributed by atoms with Crippen molar-refractivity contribution < 1.29 is 9.90 Å². The number of aromatic nitrogens is 1. The molecule has 0 radical (unpaired) electrons. The molecule has 0 atom stereocenters. The van der Waals surface area contributed by atoms with Crippen LogP contribution in [-0.2, 0) is 0 Å². The number of fused-ring (bicyclic) bond motifs is 1. The quantitative estimate of drug-likeness (QED) is 0.574. The fourth-order valence-electron chi connectivity index (χ4n) is 2.50. The number of aryl methyl sites for hydroxylation is 2. The molecule has 3 aromatic rings. The van der Waals surface area contributed by atoms with E-state index in [1.165, 1.54) is 6.21 Å². The average Bonchev–Trinajstić information content (AvgIpc) is 2.55. The fraction of sp³-hybridized carbons (Fsp3) is 0.105. The maximum absolute atomic E-state index is 12.3. The van der Waals surface area contributed by atoms with Gasteiger partial charge in [-0.05, 0) is 43.2 Å². The molecule has 1 amide bonds. The molecule has 5 heteroatoms. The van der Waals surface area contributed by atoms with Crippen LogP contribution in [0.2, 0.25) is 0 Å². The van der Waals surface area contributed by atoms with Gasteiger partial charge >= 0.3 is 0 Å². The lowest BCUT2D eigenvalue weighted by Crippen LogP contribution is -2.19. The molecule has 1 heterocycles. The van der Waals surface area contributed by atoms with E-state index in [-0.39, 0.29) is 11.7 Å². The fourth-order valence-corrected chi connectivity index (χ4v) is 2.50. The normalized spacial score (nSPS) is 11.1. The van der Waals surface area contributed by atoms with E-state index in [1.807, 2.05) is 31.2 Å². The molecule has 0 saturated carbocycles. The van der Waals surface area contributed by atoms with E-state index in [9.17, 15) is 9.90 Å². The number of hydrogen-bond acceptors (Lipinski definition) is 4. The molecule has 0 aliphatic carbocycles. The molecule has 0 unspecified atom stereocenters. The third kappa shape index (κ3) is 3.25. The van der Waals surface area contributed by atoms with Crippen molar-refractivity contribution >= 4 is 23.0 Å². The number of phenolic OH excluding ortho intramolecular Hbond substituents is 1. The number of nitrogens with one attached hydrogen (secondary N) is 1. The van der Waals surface area contributed by atoms with Gasteiger partial charge in [0.15, 0.2) is 0 Å². The third-order valence-electron chi connectivity index (χ3n) is 3.73. The zero-order valence-corrected chi connectivity index (χ0v) is 13.4. The SMILES string of the molecule is Cc1nc2c(C)cccc2cc1C(=O)N/N=C/c1cccc(O)c1. The average molecular weight is 319 g/mol. The zero-order valence-electron chi connectivity index (χ0n) is 13.4. The van der Waals surface area contributed by atoms with E-state index in [0.29, 0.717) is 16.8 Å². The largest absolute Gasteiger partial charge is 0.508 e. The predicted octanol–water partition coefficient (Wildman–Crippen LogP) is 3.32. The van der Waals surface area contributed by atoms with Gasteiger partial charge in [-0.25, -0.2) is 5.43 Å². The number of aromatic hydroxyl groups is 1. The van der Waals surface area contributed by atoms with Crippen LogP contribution in [0.1, 0.15) is 27.2 Å². The van der Waals surface area contributed by atoms with Crippen LogP contribution in [0.5, 0.6) is 5.75 Å². The van der Waals surface area contributed by atoms with E-state index in [0.717, 1.165) is 16.5 Å². The summed E-state index contributed by atoms with van der Waals surface area (Å²) in [7, 11) is 0. The number of rotatable bonds is 3. The standard InChI is InChI=1S/C19H17N3O2/c1-12-5-3-7-15-10-17(13(2)21-18(12)15)19(24)22-20-11-14-6-4-8-16(23)9-14/h3-11,23H,1-2H3,(H,22,24)/b20-11+. The molecule has 0 bridgehead atoms. The third-order valence-corrected chi connectivity index (χ3v) is 3.73. The number of hydrogen-bond donors (Lipinski definition) is 2. The highest BCUT2D eigenvalue weighted by molar-refractivity contribution is 5.99. The zero-order chi connectivity index (χ0) is 17.1. The lowest BCUT2D eigenvalue weighted by Gasteiger charge is -2.07. The molecule has 3 rings (SSSR count). The first-order chi connectivity index (χ1) is 11.5. The van der Waals surface area contributed by atoms with Gasteiger partial charge in [-0.15, -0.1) is 0 Å². The molecule has 5 nitrogen and oxygen atoms in total. The van der Waals surface area contributed by atoms with E-state index in [1.54, 1.807) is 31.2 Å². The Bertz CT molecular complexity index is 948. The summed E-state index contributed by atoms with van der Waals surface area (Å²) < 4.78 is 0. The summed E-state index contributed by atoms with van der Waals surface area (Å²) in [5.74, 6) is -0.171. The Kier molecular flexibility index (Phi) is 4.24. The van der Waals surface area contributed by atoms with Crippen LogP contribution in [0.15, 0.2) is 53.6 Å². The summed E-state index contributed by atoms with van der Waals surface area (Å²) in [4.78, 5) is 16.9. The first kappa shape index (κ1) is 15.7. The Morgan fingerprint density at radius 1 is 1.17 bits per heavy atom. The van der Waals surface area contributed by atoms with Crippen molar-refractivity contribution in [3.05, 3.63) is 70.9 Å². The second-order valence-electron chi connectivity index (χ2n) is 5.56. The number of amides is 1. The van der Waals surface area contributed by atoms with Crippen LogP contribution >= 0.6 is 0 Å². The van der Waals surface area contributed by atoms with Gasteiger partial charge in [0.2, 0.25) is 0 Å². The van der Waals surface area contributed by atoms with Crippen molar-refractivity contribution in [3.8, 4) is 5.75 Å². The second-order valence-corrected chi connectivity index (χ2v) is 5.56. The number of para-hydroxylation sites is 1. The van der Waals surface area contributed by atoms with E-state index < -0.39 is 0 Å². The van der Waals surface area contributed by atoms with Crippen LogP contribution in [0, 0.1) is 13.8 Å². The molecule has 120 valence electrons. The molecule has 0 aliphatic heterocycles. The van der Waals surface area contributed by atoms with Crippen molar-refractivity contribution in [2.45, 2.75) is 13.8 Å². The molecule has 24 heavy (non-hydrogen) atoms. The summed E-state index contributed by atoms with van der Waals surface area (Å²) in [6.07, 6.45) is 1.48. The van der Waals surface area contributed by atoms with E-state index in [4.69, 9.17) is 0 Å². The number of carbonyl (C=O) groups is 1. The van der Waals surface area contributed by atoms with Crippen LogP contribution in [0.3, 0.4) is 0 Å². The Balaban J connectivity index is 1.82. The van der Waals surface area contributed by atoms with Gasteiger partial charge < -0.3 is 5.11 Å². The number of phenols is 1. The Labute approximate surface area is 139 Å². The highest BCUT2D eigenvalue weighted by Gasteiger charge is 2.11. The van der Waals surface area contributed by atoms with Crippen LogP contribution < -0.4 is 5.43 Å². The van der Waals surface area contributed by atoms with Crippen molar-refractivity contribution in [3.63, 3.8) is 0 Å². The maximum Gasteiger partial charge on any atom is 0.273 e. The van der Waals surface area contributed by atoms with Gasteiger partial charge in [0, 0.05) is 5.39 Å². The molecule has 0 saturated heterocycles. The molecule has 2 N–H and O–H groups in total. The minimum Gasteiger partial charge on any atom is -0.508 e. The summed E-state index contributed by atoms with van der Waals surface area (Å²) in [6.45, 7) is 3.80. The summed E-state index contributed by atoms with van der Waals surface area (Å²) >= 11 is 0. The van der Waals surface area contributed by atoms with Crippen molar-refractivity contribution in [2.75, 3.05) is 0 Å². The van der Waals surface area contributed by atoms with Gasteiger partial charge in [-0.1, -0.05) is 30.3 Å². The Morgan fingerprint density at radius 2 is 1.96 bits per heavy atom. The molecular formula is C19H17N3O2. The highest BCUT2D eigenvalue weighted by atomic mass is 16.3. The number of hydrazone groups is 1. The summed E-state index contributed by atoms with van der Waals surface area (Å²) in [5.41, 5.74) is 6.30. The Hall–Kier alpha value is -3.21. The monoisotopic (exact) mass is 319 g/mol. The van der Waals surface area contributed by atoms with Gasteiger partial charge in [0.05, 0.1) is 23.0 Å². The van der Waals surface area contributed by atoms with Gasteiger partial charge in [0.25, 0.3) is 5.91 Å². The molecule has 2 aromatic carbocycles. The molecule has 0 fully saturated rings. The Morgan fingerprint density at radius 3 is 2.75 bits per heavy atom. The minimum absolute atomic E-state index is 0.148. The lowest BCUT2D eigenvalue weighted by molar-refractivity contribution is 0.0954. The van der Waals surface area contributed by atoms with Crippen molar-refractivity contribution in [1.29, 1.82) is 0 Å². The van der Waals surface area contributed by atoms with Crippen molar-refractivity contribution in [1.82, 2.24) is 10.4 Å². The van der Waals surface area contributed by atoms with Gasteiger partial charge in [-0.2, -0.15) is 5.10 Å². The predicted molar refractivity (Wildman–Crippen MR) is 94.4 cm³/mol. The lowest BCUT2D eigenvalue weighted by atomic mass is 10.1. The number of benzene rings is 2. The molecular weight excluding hydrogens is 302 g/mol. The summed E-state index contributed by atoms with van der Waals surface area (Å²) in [6, 6.07) is 14.3. The maximum atomic E-state index is 12.3. The number of pyridine rings is 1. The van der Waals surface area contributed by atoms with Gasteiger partial charge in [0.1, 0.15) is 5.75 Å². The van der Waals surface area contributed by atoms with Crippen LogP contribution in [0.4, 0.5) is 0 Å². The number of nitrogens with zero attached hydrogens (tertiary/aromatic N) is 2. The molecule has 0 spiro atoms. The van der Waals surface area contributed by atoms with Crippen LogP contribution in [0.25, 0.3) is 10.9 Å². The smallest absolute Gasteiger partial charge is 0.273 e. The topological polar surface area (TPSA) is 74.6 Å². The van der Waals surface area contributed by atoms with Gasteiger partial charge in [-0.3, -0.25) is 9.78 Å². The first-order valence-corrected chi connectivity index (χ1v) is 7.54. The van der Waals surface area contributed by atoms with Crippen molar-refractivity contribution in [2.24, 2.45) is 5.10 Å². The van der Waals surface area contributed by atoms with E-state index in [2.05, 4.69) is 15.5 Å². The molecule has 1 aromatic heterocycles. The second kappa shape index (κ2) is 6.50. The minimum atomic E-state index is -0.320.